The predicted molar refractivity (Wildman–Crippen MR) is 93.1 cm³/mol. The molecule has 0 bridgehead atoms. The first-order valence-corrected chi connectivity index (χ1v) is 9.48. The van der Waals surface area contributed by atoms with Gasteiger partial charge in [-0.3, -0.25) is 0 Å². The largest absolute Gasteiger partial charge is 0.313 e. The van der Waals surface area contributed by atoms with Crippen LogP contribution in [-0.4, -0.2) is 17.6 Å². The van der Waals surface area contributed by atoms with Crippen LogP contribution in [-0.2, 0) is 11.8 Å². The molecule has 1 N–H and O–H groups in total. The van der Waals surface area contributed by atoms with Crippen LogP contribution in [0.5, 0.6) is 0 Å². The minimum absolute atomic E-state index is 0.168. The monoisotopic (exact) mass is 308 g/mol. The Hall–Kier alpha value is -0.410. The van der Waals surface area contributed by atoms with E-state index in [0.717, 1.165) is 24.8 Å². The number of nitrogens with one attached hydrogen (secondary N) is 1. The zero-order valence-corrected chi connectivity index (χ0v) is 15.2. The third kappa shape index (κ3) is 4.53. The van der Waals surface area contributed by atoms with Crippen molar-refractivity contribution in [2.45, 2.75) is 78.2 Å². The van der Waals surface area contributed by atoms with Crippen LogP contribution in [0, 0.1) is 11.8 Å². The molecule has 120 valence electrons. The highest BCUT2D eigenvalue weighted by molar-refractivity contribution is 7.09. The molecule has 1 aliphatic carbocycles. The molecule has 3 unspecified atom stereocenters. The van der Waals surface area contributed by atoms with Crippen LogP contribution in [0.3, 0.4) is 0 Å². The summed E-state index contributed by atoms with van der Waals surface area (Å²) in [6.07, 6.45) is 6.51. The molecule has 3 atom stereocenters. The first-order chi connectivity index (χ1) is 9.91. The Balaban J connectivity index is 2.05. The SMILES string of the molecule is CCCNC(Cc1nc(C(C)(C)C)cs1)C1CCCC1C. The Labute approximate surface area is 134 Å². The van der Waals surface area contributed by atoms with Crippen molar-refractivity contribution in [2.75, 3.05) is 6.54 Å². The highest BCUT2D eigenvalue weighted by atomic mass is 32.1. The quantitative estimate of drug-likeness (QED) is 0.817. The molecule has 1 aliphatic rings. The summed E-state index contributed by atoms with van der Waals surface area (Å²) in [7, 11) is 0. The molecule has 3 heteroatoms. The van der Waals surface area contributed by atoms with Gasteiger partial charge in [0, 0.05) is 23.3 Å². The van der Waals surface area contributed by atoms with Gasteiger partial charge in [-0.15, -0.1) is 11.3 Å². The van der Waals surface area contributed by atoms with Crippen LogP contribution in [0.1, 0.15) is 71.0 Å². The van der Waals surface area contributed by atoms with Gasteiger partial charge in [-0.2, -0.15) is 0 Å². The van der Waals surface area contributed by atoms with Crippen molar-refractivity contribution in [3.05, 3.63) is 16.1 Å². The summed E-state index contributed by atoms with van der Waals surface area (Å²) in [5.74, 6) is 1.69. The van der Waals surface area contributed by atoms with E-state index in [-0.39, 0.29) is 5.41 Å². The third-order valence-corrected chi connectivity index (χ3v) is 5.69. The minimum atomic E-state index is 0.168. The Morgan fingerprint density at radius 2 is 2.14 bits per heavy atom. The lowest BCUT2D eigenvalue weighted by Gasteiger charge is -2.27. The van der Waals surface area contributed by atoms with Crippen LogP contribution in [0.2, 0.25) is 0 Å². The molecular formula is C18H32N2S. The van der Waals surface area contributed by atoms with E-state index < -0.39 is 0 Å². The predicted octanol–water partition coefficient (Wildman–Crippen LogP) is 4.79. The summed E-state index contributed by atoms with van der Waals surface area (Å²) in [4.78, 5) is 4.90. The molecule has 21 heavy (non-hydrogen) atoms. The van der Waals surface area contributed by atoms with Crippen LogP contribution in [0.4, 0.5) is 0 Å². The van der Waals surface area contributed by atoms with Gasteiger partial charge in [0.15, 0.2) is 0 Å². The fourth-order valence-electron chi connectivity index (χ4n) is 3.41. The van der Waals surface area contributed by atoms with Crippen molar-refractivity contribution in [1.29, 1.82) is 0 Å². The van der Waals surface area contributed by atoms with Crippen molar-refractivity contribution in [3.63, 3.8) is 0 Å². The maximum absolute atomic E-state index is 4.90. The Bertz CT molecular complexity index is 433. The van der Waals surface area contributed by atoms with Gasteiger partial charge in [0.05, 0.1) is 10.7 Å². The summed E-state index contributed by atoms with van der Waals surface area (Å²) in [6.45, 7) is 12.6. The molecule has 2 nitrogen and oxygen atoms in total. The lowest BCUT2D eigenvalue weighted by molar-refractivity contribution is 0.295. The molecule has 0 aliphatic heterocycles. The maximum Gasteiger partial charge on any atom is 0.0944 e. The Kier molecular flexibility index (Phi) is 5.84. The highest BCUT2D eigenvalue weighted by Crippen LogP contribution is 2.35. The van der Waals surface area contributed by atoms with Crippen LogP contribution in [0.25, 0.3) is 0 Å². The number of hydrogen-bond donors (Lipinski definition) is 1. The van der Waals surface area contributed by atoms with Gasteiger partial charge >= 0.3 is 0 Å². The van der Waals surface area contributed by atoms with Gasteiger partial charge in [-0.1, -0.05) is 47.5 Å². The summed E-state index contributed by atoms with van der Waals surface area (Å²) < 4.78 is 0. The van der Waals surface area contributed by atoms with E-state index in [1.54, 1.807) is 0 Å². The number of thiazole rings is 1. The average molecular weight is 309 g/mol. The van der Waals surface area contributed by atoms with Crippen molar-refractivity contribution in [3.8, 4) is 0 Å². The molecule has 1 fully saturated rings. The number of aromatic nitrogens is 1. The molecule has 0 aromatic carbocycles. The average Bonchev–Trinajstić information content (AvgIpc) is 3.02. The fourth-order valence-corrected chi connectivity index (χ4v) is 4.49. The van der Waals surface area contributed by atoms with Crippen molar-refractivity contribution in [2.24, 2.45) is 11.8 Å². The van der Waals surface area contributed by atoms with Gasteiger partial charge in [0.2, 0.25) is 0 Å². The second kappa shape index (κ2) is 7.23. The van der Waals surface area contributed by atoms with Crippen molar-refractivity contribution < 1.29 is 0 Å². The summed E-state index contributed by atoms with van der Waals surface area (Å²) in [5.41, 5.74) is 1.41. The van der Waals surface area contributed by atoms with E-state index in [4.69, 9.17) is 4.98 Å². The molecule has 2 rings (SSSR count). The summed E-state index contributed by atoms with van der Waals surface area (Å²) >= 11 is 1.85. The van der Waals surface area contributed by atoms with E-state index in [2.05, 4.69) is 45.3 Å². The number of nitrogens with zero attached hydrogens (tertiary/aromatic N) is 1. The van der Waals surface area contributed by atoms with Gasteiger partial charge in [-0.05, 0) is 31.2 Å². The van der Waals surface area contributed by atoms with Crippen LogP contribution >= 0.6 is 11.3 Å². The van der Waals surface area contributed by atoms with E-state index >= 15 is 0 Å². The molecular weight excluding hydrogens is 276 g/mol. The second-order valence-electron chi connectivity index (χ2n) is 7.71. The standard InChI is InChI=1S/C18H32N2S/c1-6-10-19-15(14-9-7-8-13(14)2)11-17-20-16(12-21-17)18(3,4)5/h12-15,19H,6-11H2,1-5H3. The maximum atomic E-state index is 4.90. The molecule has 1 aromatic rings. The first-order valence-electron chi connectivity index (χ1n) is 8.60. The topological polar surface area (TPSA) is 24.9 Å². The van der Waals surface area contributed by atoms with E-state index in [1.165, 1.54) is 36.4 Å². The smallest absolute Gasteiger partial charge is 0.0944 e. The molecule has 1 aromatic heterocycles. The van der Waals surface area contributed by atoms with Crippen LogP contribution < -0.4 is 5.32 Å². The molecule has 0 amide bonds. The highest BCUT2D eigenvalue weighted by Gasteiger charge is 2.31. The molecule has 1 saturated carbocycles. The lowest BCUT2D eigenvalue weighted by Crippen LogP contribution is -2.39. The van der Waals surface area contributed by atoms with Crippen molar-refractivity contribution in [1.82, 2.24) is 10.3 Å². The normalized spacial score (nSPS) is 24.4. The first kappa shape index (κ1) is 17.0. The zero-order chi connectivity index (χ0) is 15.5. The van der Waals surface area contributed by atoms with E-state index in [0.29, 0.717) is 6.04 Å². The van der Waals surface area contributed by atoms with Crippen molar-refractivity contribution >= 4 is 11.3 Å². The lowest BCUT2D eigenvalue weighted by atomic mass is 9.88. The minimum Gasteiger partial charge on any atom is -0.313 e. The zero-order valence-electron chi connectivity index (χ0n) is 14.4. The molecule has 0 radical (unpaired) electrons. The molecule has 1 heterocycles. The second-order valence-corrected chi connectivity index (χ2v) is 8.66. The van der Waals surface area contributed by atoms with Gasteiger partial charge in [0.1, 0.15) is 0 Å². The van der Waals surface area contributed by atoms with Gasteiger partial charge in [0.25, 0.3) is 0 Å². The number of hydrogen-bond acceptors (Lipinski definition) is 3. The summed E-state index contributed by atoms with van der Waals surface area (Å²) in [5, 5.41) is 7.37. The summed E-state index contributed by atoms with van der Waals surface area (Å²) in [6, 6.07) is 0.612. The third-order valence-electron chi connectivity index (χ3n) is 4.82. The van der Waals surface area contributed by atoms with E-state index in [9.17, 15) is 0 Å². The van der Waals surface area contributed by atoms with Crippen LogP contribution in [0.15, 0.2) is 5.38 Å². The van der Waals surface area contributed by atoms with Gasteiger partial charge in [-0.25, -0.2) is 4.98 Å². The van der Waals surface area contributed by atoms with E-state index in [1.807, 2.05) is 11.3 Å². The molecule has 0 spiro atoms. The Morgan fingerprint density at radius 1 is 1.38 bits per heavy atom. The van der Waals surface area contributed by atoms with Gasteiger partial charge < -0.3 is 5.32 Å². The Morgan fingerprint density at radius 3 is 2.67 bits per heavy atom. The number of rotatable bonds is 6. The molecule has 0 saturated heterocycles. The fraction of sp³-hybridized carbons (Fsp3) is 0.833.